The van der Waals surface area contributed by atoms with E-state index in [1.54, 1.807) is 22.2 Å². The molecule has 0 aliphatic heterocycles. The maximum absolute atomic E-state index is 8.77. The number of aliphatic hydroxyl groups excluding tert-OH is 1. The van der Waals surface area contributed by atoms with E-state index in [9.17, 15) is 0 Å². The Morgan fingerprint density at radius 2 is 2.07 bits per heavy atom. The predicted octanol–water partition coefficient (Wildman–Crippen LogP) is 3.34. The number of anilines is 3. The fourth-order valence-electron chi connectivity index (χ4n) is 3.62. The summed E-state index contributed by atoms with van der Waals surface area (Å²) in [6.07, 6.45) is 10.7. The first-order chi connectivity index (χ1) is 14.7. The van der Waals surface area contributed by atoms with E-state index in [1.807, 2.05) is 6.20 Å². The SMILES string of the molecule is CCc1nc2c(NC3CCCCC3)nc(Nc3cnn(CCOCCO)c3)nc2s1. The molecule has 1 saturated carbocycles. The van der Waals surface area contributed by atoms with Crippen LogP contribution >= 0.6 is 11.3 Å². The van der Waals surface area contributed by atoms with Crippen LogP contribution in [0.1, 0.15) is 44.0 Å². The summed E-state index contributed by atoms with van der Waals surface area (Å²) in [4.78, 5) is 15.1. The summed E-state index contributed by atoms with van der Waals surface area (Å²) in [7, 11) is 0. The predicted molar refractivity (Wildman–Crippen MR) is 118 cm³/mol. The molecule has 3 N–H and O–H groups in total. The van der Waals surface area contributed by atoms with Crippen molar-refractivity contribution in [2.24, 2.45) is 0 Å². The van der Waals surface area contributed by atoms with Crippen molar-refractivity contribution in [1.29, 1.82) is 0 Å². The van der Waals surface area contributed by atoms with Crippen LogP contribution in [0.15, 0.2) is 12.4 Å². The molecule has 3 aromatic heterocycles. The van der Waals surface area contributed by atoms with Gasteiger partial charge in [-0.05, 0) is 19.3 Å². The molecule has 0 atom stereocenters. The van der Waals surface area contributed by atoms with Crippen molar-refractivity contribution in [3.8, 4) is 0 Å². The van der Waals surface area contributed by atoms with E-state index in [-0.39, 0.29) is 6.61 Å². The summed E-state index contributed by atoms with van der Waals surface area (Å²) in [5, 5.41) is 21.1. The molecular weight excluding hydrogens is 402 g/mol. The highest BCUT2D eigenvalue weighted by atomic mass is 32.1. The first-order valence-electron chi connectivity index (χ1n) is 10.7. The van der Waals surface area contributed by atoms with E-state index in [0.29, 0.717) is 31.7 Å². The van der Waals surface area contributed by atoms with Crippen molar-refractivity contribution < 1.29 is 9.84 Å². The van der Waals surface area contributed by atoms with E-state index >= 15 is 0 Å². The smallest absolute Gasteiger partial charge is 0.230 e. The summed E-state index contributed by atoms with van der Waals surface area (Å²) < 4.78 is 7.09. The number of aromatic nitrogens is 5. The van der Waals surface area contributed by atoms with E-state index in [2.05, 4.69) is 22.7 Å². The maximum atomic E-state index is 8.77. The van der Waals surface area contributed by atoms with E-state index in [1.165, 1.54) is 32.1 Å². The van der Waals surface area contributed by atoms with Crippen molar-refractivity contribution in [1.82, 2.24) is 24.7 Å². The number of nitrogens with one attached hydrogen (secondary N) is 2. The van der Waals surface area contributed by atoms with Crippen LogP contribution in [0, 0.1) is 0 Å². The lowest BCUT2D eigenvalue weighted by Crippen LogP contribution is -2.23. The molecule has 3 heterocycles. The average Bonchev–Trinajstić information content (AvgIpc) is 3.39. The number of aryl methyl sites for hydroxylation is 1. The van der Waals surface area contributed by atoms with Gasteiger partial charge in [-0.3, -0.25) is 4.68 Å². The number of ether oxygens (including phenoxy) is 1. The van der Waals surface area contributed by atoms with Gasteiger partial charge in [0, 0.05) is 12.2 Å². The van der Waals surface area contributed by atoms with Gasteiger partial charge in [0.25, 0.3) is 0 Å². The van der Waals surface area contributed by atoms with Gasteiger partial charge in [0.05, 0.1) is 43.3 Å². The zero-order chi connectivity index (χ0) is 20.8. The molecule has 10 heteroatoms. The largest absolute Gasteiger partial charge is 0.394 e. The van der Waals surface area contributed by atoms with Gasteiger partial charge >= 0.3 is 0 Å². The number of hydrogen-bond donors (Lipinski definition) is 3. The Hall–Kier alpha value is -2.30. The lowest BCUT2D eigenvalue weighted by Gasteiger charge is -2.23. The van der Waals surface area contributed by atoms with Crippen molar-refractivity contribution in [2.75, 3.05) is 30.5 Å². The molecule has 0 bridgehead atoms. The van der Waals surface area contributed by atoms with Crippen LogP contribution in [0.25, 0.3) is 10.3 Å². The molecule has 0 saturated heterocycles. The Balaban J connectivity index is 1.51. The minimum Gasteiger partial charge on any atom is -0.394 e. The topological polar surface area (TPSA) is 110 Å². The molecule has 3 aromatic rings. The molecule has 162 valence electrons. The van der Waals surface area contributed by atoms with Crippen molar-refractivity contribution in [3.63, 3.8) is 0 Å². The number of hydrogen-bond acceptors (Lipinski definition) is 9. The normalized spacial score (nSPS) is 15.0. The van der Waals surface area contributed by atoms with Crippen molar-refractivity contribution in [3.05, 3.63) is 17.4 Å². The number of nitrogens with zero attached hydrogens (tertiary/aromatic N) is 5. The molecule has 0 radical (unpaired) electrons. The second-order valence-corrected chi connectivity index (χ2v) is 8.51. The van der Waals surface area contributed by atoms with Gasteiger partial charge in [-0.2, -0.15) is 15.1 Å². The third-order valence-electron chi connectivity index (χ3n) is 5.14. The van der Waals surface area contributed by atoms with Gasteiger partial charge in [0.1, 0.15) is 5.52 Å². The van der Waals surface area contributed by atoms with E-state index in [4.69, 9.17) is 24.8 Å². The molecule has 4 rings (SSSR count). The van der Waals surface area contributed by atoms with Gasteiger partial charge in [0.15, 0.2) is 10.6 Å². The molecular formula is C20H29N7O2S. The molecule has 1 aliphatic rings. The third-order valence-corrected chi connectivity index (χ3v) is 6.23. The minimum absolute atomic E-state index is 0.0281. The second kappa shape index (κ2) is 10.1. The first-order valence-corrected chi connectivity index (χ1v) is 11.5. The fourth-order valence-corrected chi connectivity index (χ4v) is 4.49. The fraction of sp³-hybridized carbons (Fsp3) is 0.600. The Morgan fingerprint density at radius 1 is 1.20 bits per heavy atom. The van der Waals surface area contributed by atoms with Crippen LogP contribution in [0.5, 0.6) is 0 Å². The molecule has 9 nitrogen and oxygen atoms in total. The Bertz CT molecular complexity index is 952. The average molecular weight is 432 g/mol. The first kappa shape index (κ1) is 21.0. The van der Waals surface area contributed by atoms with Crippen LogP contribution in [0.3, 0.4) is 0 Å². The lowest BCUT2D eigenvalue weighted by molar-refractivity contribution is 0.0854. The molecule has 0 amide bonds. The van der Waals surface area contributed by atoms with Gasteiger partial charge in [-0.25, -0.2) is 4.98 Å². The number of rotatable bonds is 10. The third kappa shape index (κ3) is 5.24. The Morgan fingerprint density at radius 3 is 2.87 bits per heavy atom. The highest BCUT2D eigenvalue weighted by Gasteiger charge is 2.18. The van der Waals surface area contributed by atoms with Gasteiger partial charge in [0.2, 0.25) is 5.95 Å². The quantitative estimate of drug-likeness (QED) is 0.419. The van der Waals surface area contributed by atoms with Crippen LogP contribution in [0.2, 0.25) is 0 Å². The van der Waals surface area contributed by atoms with Gasteiger partial charge in [-0.15, -0.1) is 0 Å². The molecule has 30 heavy (non-hydrogen) atoms. The zero-order valence-electron chi connectivity index (χ0n) is 17.3. The second-order valence-electron chi connectivity index (χ2n) is 7.44. The maximum Gasteiger partial charge on any atom is 0.230 e. The molecule has 0 spiro atoms. The summed E-state index contributed by atoms with van der Waals surface area (Å²) in [6, 6.07) is 0.443. The van der Waals surface area contributed by atoms with Crippen molar-refractivity contribution >= 4 is 39.1 Å². The summed E-state index contributed by atoms with van der Waals surface area (Å²) >= 11 is 1.62. The zero-order valence-corrected chi connectivity index (χ0v) is 18.1. The summed E-state index contributed by atoms with van der Waals surface area (Å²) in [5.74, 6) is 1.36. The van der Waals surface area contributed by atoms with Gasteiger partial charge < -0.3 is 20.5 Å². The summed E-state index contributed by atoms with van der Waals surface area (Å²) in [5.41, 5.74) is 1.69. The lowest BCUT2D eigenvalue weighted by atomic mass is 9.95. The standard InChI is InChI=1S/C20H29N7O2S/c1-2-16-24-17-18(22-14-6-4-3-5-7-14)25-20(26-19(17)30-16)23-15-12-21-27(13-15)8-10-29-11-9-28/h12-14,28H,2-11H2,1H3,(H2,22,23,25,26). The Labute approximate surface area is 179 Å². The van der Waals surface area contributed by atoms with E-state index < -0.39 is 0 Å². The number of aliphatic hydroxyl groups is 1. The van der Waals surface area contributed by atoms with Crippen molar-refractivity contribution in [2.45, 2.75) is 58.0 Å². The monoisotopic (exact) mass is 431 g/mol. The Kier molecular flexibility index (Phi) is 7.08. The molecule has 0 aromatic carbocycles. The number of thiazole rings is 1. The summed E-state index contributed by atoms with van der Waals surface area (Å²) in [6.45, 7) is 3.59. The molecule has 1 fully saturated rings. The van der Waals surface area contributed by atoms with Gasteiger partial charge in [-0.1, -0.05) is 37.5 Å². The minimum atomic E-state index is 0.0281. The highest BCUT2D eigenvalue weighted by Crippen LogP contribution is 2.30. The van der Waals surface area contributed by atoms with E-state index in [0.717, 1.165) is 33.3 Å². The van der Waals surface area contributed by atoms with Crippen LogP contribution in [0.4, 0.5) is 17.5 Å². The van der Waals surface area contributed by atoms with Crippen LogP contribution in [-0.2, 0) is 17.7 Å². The van der Waals surface area contributed by atoms with Crippen LogP contribution < -0.4 is 10.6 Å². The highest BCUT2D eigenvalue weighted by molar-refractivity contribution is 7.18. The number of fused-ring (bicyclic) bond motifs is 1. The molecule has 1 aliphatic carbocycles. The van der Waals surface area contributed by atoms with Crippen LogP contribution in [-0.4, -0.2) is 55.7 Å². The molecule has 0 unspecified atom stereocenters.